The highest BCUT2D eigenvalue weighted by atomic mass is 35.5. The normalized spacial score (nSPS) is 21.2. The van der Waals surface area contributed by atoms with Gasteiger partial charge in [0.2, 0.25) is 5.91 Å². The Morgan fingerprint density at radius 1 is 1.19 bits per heavy atom. The number of carbonyl (C=O) groups is 1. The number of likely N-dealkylation sites (tertiary alicyclic amines) is 1. The van der Waals surface area contributed by atoms with Crippen LogP contribution in [0.3, 0.4) is 0 Å². The molecule has 1 amide bonds. The second-order valence-corrected chi connectivity index (χ2v) is 5.70. The third-order valence-electron chi connectivity index (χ3n) is 3.99. The van der Waals surface area contributed by atoms with Crippen molar-refractivity contribution in [3.8, 4) is 0 Å². The molecule has 2 fully saturated rings. The highest BCUT2D eigenvalue weighted by Gasteiger charge is 2.34. The summed E-state index contributed by atoms with van der Waals surface area (Å²) in [5, 5.41) is 3.14. The molecule has 1 heterocycles. The van der Waals surface area contributed by atoms with E-state index >= 15 is 0 Å². The molecule has 3 rings (SSSR count). The molecule has 1 aliphatic heterocycles. The molecule has 1 saturated heterocycles. The average Bonchev–Trinajstić information content (AvgIpc) is 3.14. The molecule has 3 N–H and O–H groups in total. The Kier molecular flexibility index (Phi) is 6.78. The van der Waals surface area contributed by atoms with Crippen LogP contribution in [-0.2, 0) is 11.2 Å². The molecule has 1 aromatic carbocycles. The second kappa shape index (κ2) is 7.87. The third-order valence-corrected chi connectivity index (χ3v) is 3.99. The van der Waals surface area contributed by atoms with Gasteiger partial charge in [-0.3, -0.25) is 9.69 Å². The number of halogens is 2. The summed E-state index contributed by atoms with van der Waals surface area (Å²) >= 11 is 0. The van der Waals surface area contributed by atoms with Crippen molar-refractivity contribution in [3.05, 3.63) is 29.8 Å². The minimum absolute atomic E-state index is 0. The summed E-state index contributed by atoms with van der Waals surface area (Å²) in [5.74, 6) is 0.118. The number of nitrogens with one attached hydrogen (secondary N) is 1. The average molecular weight is 332 g/mol. The zero-order valence-electron chi connectivity index (χ0n) is 12.0. The quantitative estimate of drug-likeness (QED) is 0.830. The molecule has 0 bridgehead atoms. The fraction of sp³-hybridized carbons (Fsp3) is 0.533. The molecule has 118 valence electrons. The van der Waals surface area contributed by atoms with Gasteiger partial charge in [-0.15, -0.1) is 24.8 Å². The fourth-order valence-electron chi connectivity index (χ4n) is 2.78. The van der Waals surface area contributed by atoms with E-state index in [9.17, 15) is 4.79 Å². The number of anilines is 1. The number of nitrogens with two attached hydrogens (primary N) is 1. The molecule has 0 aromatic heterocycles. The van der Waals surface area contributed by atoms with Crippen molar-refractivity contribution in [1.82, 2.24) is 10.2 Å². The number of nitrogens with zero attached hydrogens (tertiary/aromatic N) is 1. The molecule has 4 nitrogen and oxygen atoms in total. The zero-order chi connectivity index (χ0) is 13.2. The monoisotopic (exact) mass is 331 g/mol. The number of hydrogen-bond donors (Lipinski definition) is 2. The summed E-state index contributed by atoms with van der Waals surface area (Å²) in [4.78, 5) is 14.5. The summed E-state index contributed by atoms with van der Waals surface area (Å²) in [5.41, 5.74) is 7.39. The fourth-order valence-corrected chi connectivity index (χ4v) is 2.78. The van der Waals surface area contributed by atoms with Crippen molar-refractivity contribution in [3.63, 3.8) is 0 Å². The standard InChI is InChI=1S/C15H21N3O.2ClH/c16-12-3-1-11(2-4-12)9-15(19)17-13-7-8-18(10-13)14-5-6-14;;/h1-4,13-14H,5-10,16H2,(H,17,19);2*1H. The van der Waals surface area contributed by atoms with E-state index in [1.165, 1.54) is 12.8 Å². The number of amides is 1. The van der Waals surface area contributed by atoms with Crippen LogP contribution in [0.1, 0.15) is 24.8 Å². The van der Waals surface area contributed by atoms with Gasteiger partial charge in [-0.2, -0.15) is 0 Å². The number of rotatable bonds is 4. The van der Waals surface area contributed by atoms with E-state index in [1.54, 1.807) is 0 Å². The zero-order valence-corrected chi connectivity index (χ0v) is 13.6. The van der Waals surface area contributed by atoms with Crippen molar-refractivity contribution >= 4 is 36.4 Å². The van der Waals surface area contributed by atoms with Gasteiger partial charge in [-0.25, -0.2) is 0 Å². The Balaban J connectivity index is 0.00000110. The molecule has 0 spiro atoms. The molecule has 1 aliphatic carbocycles. The predicted molar refractivity (Wildman–Crippen MR) is 90.2 cm³/mol. The predicted octanol–water partition coefficient (Wildman–Crippen LogP) is 2.01. The summed E-state index contributed by atoms with van der Waals surface area (Å²) in [7, 11) is 0. The van der Waals surface area contributed by atoms with E-state index in [0.29, 0.717) is 12.5 Å². The van der Waals surface area contributed by atoms with E-state index < -0.39 is 0 Å². The van der Waals surface area contributed by atoms with Crippen LogP contribution in [0.15, 0.2) is 24.3 Å². The third kappa shape index (κ3) is 5.06. The van der Waals surface area contributed by atoms with Gasteiger partial charge in [0.1, 0.15) is 0 Å². The molecule has 6 heteroatoms. The molecule has 1 atom stereocenters. The Morgan fingerprint density at radius 3 is 2.48 bits per heavy atom. The summed E-state index contributed by atoms with van der Waals surface area (Å²) in [6.07, 6.45) is 4.21. The van der Waals surface area contributed by atoms with E-state index in [1.807, 2.05) is 24.3 Å². The lowest BCUT2D eigenvalue weighted by Crippen LogP contribution is -2.38. The maximum absolute atomic E-state index is 12.0. The lowest BCUT2D eigenvalue weighted by molar-refractivity contribution is -0.121. The maximum atomic E-state index is 12.0. The van der Waals surface area contributed by atoms with Crippen LogP contribution < -0.4 is 11.1 Å². The van der Waals surface area contributed by atoms with Crippen LogP contribution in [0.5, 0.6) is 0 Å². The largest absolute Gasteiger partial charge is 0.399 e. The minimum atomic E-state index is 0. The van der Waals surface area contributed by atoms with Gasteiger partial charge >= 0.3 is 0 Å². The van der Waals surface area contributed by atoms with Crippen molar-refractivity contribution in [2.24, 2.45) is 0 Å². The van der Waals surface area contributed by atoms with Crippen molar-refractivity contribution in [2.75, 3.05) is 18.8 Å². The van der Waals surface area contributed by atoms with Gasteiger partial charge in [0.05, 0.1) is 6.42 Å². The van der Waals surface area contributed by atoms with Crippen LogP contribution >= 0.6 is 24.8 Å². The maximum Gasteiger partial charge on any atom is 0.224 e. The molecular weight excluding hydrogens is 309 g/mol. The van der Waals surface area contributed by atoms with E-state index in [-0.39, 0.29) is 30.7 Å². The van der Waals surface area contributed by atoms with Gasteiger partial charge in [-0.1, -0.05) is 12.1 Å². The van der Waals surface area contributed by atoms with Gasteiger partial charge in [0.15, 0.2) is 0 Å². The van der Waals surface area contributed by atoms with Gasteiger partial charge in [0, 0.05) is 30.9 Å². The second-order valence-electron chi connectivity index (χ2n) is 5.70. The first kappa shape index (κ1) is 18.1. The minimum Gasteiger partial charge on any atom is -0.399 e. The van der Waals surface area contributed by atoms with E-state index in [2.05, 4.69) is 10.2 Å². The topological polar surface area (TPSA) is 58.4 Å². The Morgan fingerprint density at radius 2 is 1.86 bits per heavy atom. The SMILES string of the molecule is Cl.Cl.Nc1ccc(CC(=O)NC2CCN(C3CC3)C2)cc1. The van der Waals surface area contributed by atoms with Crippen molar-refractivity contribution in [1.29, 1.82) is 0 Å². The van der Waals surface area contributed by atoms with Gasteiger partial charge in [-0.05, 0) is 37.0 Å². The Bertz CT molecular complexity index is 462. The van der Waals surface area contributed by atoms with Crippen molar-refractivity contribution < 1.29 is 4.79 Å². The van der Waals surface area contributed by atoms with Gasteiger partial charge in [0.25, 0.3) is 0 Å². The molecular formula is C15H23Cl2N3O. The number of carbonyl (C=O) groups excluding carboxylic acids is 1. The van der Waals surface area contributed by atoms with E-state index in [4.69, 9.17) is 5.73 Å². The van der Waals surface area contributed by atoms with Crippen LogP contribution in [0, 0.1) is 0 Å². The molecule has 21 heavy (non-hydrogen) atoms. The molecule has 2 aliphatic rings. The summed E-state index contributed by atoms with van der Waals surface area (Å²) in [6, 6.07) is 8.65. The molecule has 0 radical (unpaired) electrons. The van der Waals surface area contributed by atoms with E-state index in [0.717, 1.165) is 36.8 Å². The van der Waals surface area contributed by atoms with Gasteiger partial charge < -0.3 is 11.1 Å². The summed E-state index contributed by atoms with van der Waals surface area (Å²) in [6.45, 7) is 2.16. The van der Waals surface area contributed by atoms with Crippen LogP contribution in [-0.4, -0.2) is 36.0 Å². The number of benzene rings is 1. The van der Waals surface area contributed by atoms with Crippen LogP contribution in [0.25, 0.3) is 0 Å². The van der Waals surface area contributed by atoms with Crippen molar-refractivity contribution in [2.45, 2.75) is 37.8 Å². The molecule has 1 aromatic rings. The summed E-state index contributed by atoms with van der Waals surface area (Å²) < 4.78 is 0. The van der Waals surface area contributed by atoms with Crippen LogP contribution in [0.4, 0.5) is 5.69 Å². The lowest BCUT2D eigenvalue weighted by atomic mass is 10.1. The Labute approximate surface area is 138 Å². The molecule has 1 saturated carbocycles. The smallest absolute Gasteiger partial charge is 0.224 e. The number of nitrogen functional groups attached to an aromatic ring is 1. The number of hydrogen-bond acceptors (Lipinski definition) is 3. The first-order valence-electron chi connectivity index (χ1n) is 7.08. The first-order valence-corrected chi connectivity index (χ1v) is 7.08. The molecule has 1 unspecified atom stereocenters. The highest BCUT2D eigenvalue weighted by molar-refractivity contribution is 5.85. The lowest BCUT2D eigenvalue weighted by Gasteiger charge is -2.15. The first-order chi connectivity index (χ1) is 9.20. The Hall–Kier alpha value is -0.970. The highest BCUT2D eigenvalue weighted by Crippen LogP contribution is 2.29. The van der Waals surface area contributed by atoms with Crippen LogP contribution in [0.2, 0.25) is 0 Å².